The van der Waals surface area contributed by atoms with Crippen molar-refractivity contribution in [3.63, 3.8) is 0 Å². The molecule has 6 heterocycles. The van der Waals surface area contributed by atoms with Crippen LogP contribution >= 0.6 is 35.3 Å². The molecule has 2 aromatic heterocycles. The summed E-state index contributed by atoms with van der Waals surface area (Å²) in [5.41, 5.74) is -3.33. The summed E-state index contributed by atoms with van der Waals surface area (Å²) in [6.45, 7) is 11.9. The van der Waals surface area contributed by atoms with Crippen LogP contribution in [0.2, 0.25) is 0 Å². The molecular weight excluding hydrogens is 861 g/mol. The second kappa shape index (κ2) is 18.8. The zero-order valence-corrected chi connectivity index (χ0v) is 36.4. The first-order valence-electron chi connectivity index (χ1n) is 17.0. The molecule has 298 valence electrons. The van der Waals surface area contributed by atoms with Crippen LogP contribution < -0.4 is 22.5 Å². The fraction of sp³-hybridized carbons (Fsp3) is 0.733. The van der Waals surface area contributed by atoms with Gasteiger partial charge in [-0.15, -0.1) is 0 Å². The summed E-state index contributed by atoms with van der Waals surface area (Å²) in [6.07, 6.45) is 2.98. The van der Waals surface area contributed by atoms with E-state index in [1.54, 1.807) is 25.2 Å². The summed E-state index contributed by atoms with van der Waals surface area (Å²) in [5, 5.41) is 0.391. The molecule has 0 aromatic carbocycles. The first-order valence-corrected chi connectivity index (χ1v) is 25.6. The minimum atomic E-state index is -3.24. The van der Waals surface area contributed by atoms with Crippen molar-refractivity contribution in [3.8, 4) is 0 Å². The molecule has 4 aliphatic heterocycles. The molecule has 0 amide bonds. The number of hydrogen-bond acceptors (Lipinski definition) is 16. The predicted octanol–water partition coefficient (Wildman–Crippen LogP) is 4.65. The predicted molar refractivity (Wildman–Crippen MR) is 204 cm³/mol. The number of hydrogen-bond donors (Lipinski definition) is 2. The van der Waals surface area contributed by atoms with Gasteiger partial charge in [0.05, 0.1) is 36.6 Å². The van der Waals surface area contributed by atoms with Crippen LogP contribution in [-0.4, -0.2) is 81.0 Å². The Hall–Kier alpha value is -1.18. The van der Waals surface area contributed by atoms with Crippen molar-refractivity contribution < 1.29 is 39.8 Å². The van der Waals surface area contributed by atoms with Gasteiger partial charge in [-0.3, -0.25) is 37.7 Å². The fourth-order valence-electron chi connectivity index (χ4n) is 5.93. The van der Waals surface area contributed by atoms with Crippen molar-refractivity contribution in [3.05, 3.63) is 65.2 Å². The van der Waals surface area contributed by atoms with Gasteiger partial charge in [-0.2, -0.15) is 0 Å². The van der Waals surface area contributed by atoms with E-state index in [2.05, 4.69) is 16.9 Å². The molecule has 2 aromatic rings. The topological polar surface area (TPSA) is 216 Å². The fourth-order valence-corrected chi connectivity index (χ4v) is 17.5. The Balaban J connectivity index is 0.000000220. The van der Waals surface area contributed by atoms with Crippen molar-refractivity contribution >= 4 is 61.9 Å². The SMILES string of the molecule is CC[C@H]1O[C@@H](n2cc(C)c(=O)[nH]c2=O)C[C@@H]1OP1(=O)OC(C)C(C)S1.CC[C@H]1O[C@@H](n2cc(C)c(=O)[nH]c2=O)C[C@@H]1OP1(=S)OC(C)C(C)S1.O=[Se]=O. The summed E-state index contributed by atoms with van der Waals surface area (Å²) in [6, 6.07) is 0. The molecule has 0 radical (unpaired) electrons. The van der Waals surface area contributed by atoms with Gasteiger partial charge >= 0.3 is 40.7 Å². The molecule has 4 aliphatic rings. The van der Waals surface area contributed by atoms with E-state index in [-0.39, 0.29) is 41.3 Å². The molecule has 4 fully saturated rings. The maximum absolute atomic E-state index is 12.8. The zero-order valence-electron chi connectivity index (χ0n) is 30.5. The van der Waals surface area contributed by atoms with Crippen molar-refractivity contribution in [2.45, 2.75) is 141 Å². The summed E-state index contributed by atoms with van der Waals surface area (Å²) >= 11 is 6.82. The first-order chi connectivity index (χ1) is 24.9. The molecule has 53 heavy (non-hydrogen) atoms. The normalized spacial score (nSPS) is 36.4. The Bertz CT molecular complexity index is 1830. The number of nitrogens with one attached hydrogen (secondary N) is 2. The van der Waals surface area contributed by atoms with Crippen LogP contribution in [0.3, 0.4) is 0 Å². The average Bonchev–Trinajstić information content (AvgIpc) is 3.80. The number of rotatable bonds is 8. The number of aromatic amines is 2. The molecule has 4 saturated heterocycles. The van der Waals surface area contributed by atoms with E-state index in [1.807, 2.05) is 34.6 Å². The molecular formula is C30H46N4O13P2S3Se. The number of ether oxygens (including phenoxy) is 2. The Labute approximate surface area is 325 Å². The number of nitrogens with zero attached hydrogens (tertiary/aromatic N) is 2. The molecule has 0 aliphatic carbocycles. The van der Waals surface area contributed by atoms with E-state index in [9.17, 15) is 23.7 Å². The van der Waals surface area contributed by atoms with Gasteiger partial charge in [-0.25, -0.2) is 14.2 Å². The van der Waals surface area contributed by atoms with Gasteiger partial charge in [0.1, 0.15) is 12.5 Å². The summed E-state index contributed by atoms with van der Waals surface area (Å²) in [5.74, 6) is 0. The summed E-state index contributed by atoms with van der Waals surface area (Å²) in [7, 11) is 0. The van der Waals surface area contributed by atoms with Crippen molar-refractivity contribution in [2.24, 2.45) is 0 Å². The third-order valence-electron chi connectivity index (χ3n) is 9.11. The Morgan fingerprint density at radius 3 is 1.58 bits per heavy atom. The molecule has 23 heteroatoms. The van der Waals surface area contributed by atoms with Crippen LogP contribution in [-0.2, 0) is 51.6 Å². The number of aromatic nitrogens is 4. The Kier molecular flexibility index (Phi) is 15.8. The van der Waals surface area contributed by atoms with Crippen LogP contribution in [0.5, 0.6) is 0 Å². The maximum atomic E-state index is 12.8. The van der Waals surface area contributed by atoms with Gasteiger partial charge in [0.2, 0.25) is 5.69 Å². The molecule has 6 rings (SSSR count). The van der Waals surface area contributed by atoms with Crippen LogP contribution in [0.4, 0.5) is 0 Å². The van der Waals surface area contributed by atoms with Gasteiger partial charge in [0.15, 0.2) is 0 Å². The Morgan fingerprint density at radius 2 is 1.21 bits per heavy atom. The van der Waals surface area contributed by atoms with Crippen molar-refractivity contribution in [1.29, 1.82) is 0 Å². The standard InChI is InChI=1S/C15H23N2O6PS.C15H23N2O5PS2.O2Se/c1-5-11-12(23-24(20)22-9(3)10(4)25-24)6-13(21-11)17-7-8(2)14(18)16-15(17)19;1-5-11-12(22-23(24)21-9(3)10(4)25-23)6-13(20-11)17-7-8(2)14(18)16-15(17)19;1-3-2/h2*7,9-13H,5-6H2,1-4H3,(H,16,18,19);/t9?,10?,11-,12+,13-,24?;9?,10?,11-,12+,13-,23?;/m11./s1. The number of H-pyrrole nitrogens is 2. The van der Waals surface area contributed by atoms with Crippen molar-refractivity contribution in [1.82, 2.24) is 19.1 Å². The third kappa shape index (κ3) is 11.0. The second-order valence-electron chi connectivity index (χ2n) is 13.0. The monoisotopic (exact) mass is 908 g/mol. The van der Waals surface area contributed by atoms with Gasteiger partial charge in [0.25, 0.3) is 11.1 Å². The number of aryl methyl sites for hydroxylation is 2. The summed E-state index contributed by atoms with van der Waals surface area (Å²) < 4.78 is 67.9. The van der Waals surface area contributed by atoms with E-state index in [0.29, 0.717) is 35.6 Å². The van der Waals surface area contributed by atoms with Crippen LogP contribution in [0, 0.1) is 13.8 Å². The second-order valence-corrected chi connectivity index (χ2v) is 24.0. The first kappa shape index (κ1) is 44.5. The molecule has 2 N–H and O–H groups in total. The molecule has 6 unspecified atom stereocenters. The molecule has 12 atom stereocenters. The summed E-state index contributed by atoms with van der Waals surface area (Å²) in [4.78, 5) is 51.9. The molecule has 0 saturated carbocycles. The third-order valence-corrected chi connectivity index (χ3v) is 19.2. The van der Waals surface area contributed by atoms with Gasteiger partial charge in [-0.05, 0) is 63.7 Å². The quantitative estimate of drug-likeness (QED) is 0.272. The van der Waals surface area contributed by atoms with Gasteiger partial charge in [-0.1, -0.05) is 39.1 Å². The minimum absolute atomic E-state index is 0.0681. The van der Waals surface area contributed by atoms with Crippen molar-refractivity contribution in [2.75, 3.05) is 0 Å². The Morgan fingerprint density at radius 1 is 0.792 bits per heavy atom. The molecule has 17 nitrogen and oxygen atoms in total. The van der Waals surface area contributed by atoms with Gasteiger partial charge in [0, 0.05) is 46.9 Å². The zero-order chi connectivity index (χ0) is 39.4. The average molecular weight is 908 g/mol. The molecule has 0 spiro atoms. The molecule has 0 bridgehead atoms. The van der Waals surface area contributed by atoms with E-state index in [0.717, 1.165) is 6.42 Å². The van der Waals surface area contributed by atoms with Crippen LogP contribution in [0.15, 0.2) is 31.6 Å². The van der Waals surface area contributed by atoms with E-state index < -0.39 is 62.8 Å². The van der Waals surface area contributed by atoms with Gasteiger partial charge < -0.3 is 18.5 Å². The van der Waals surface area contributed by atoms with E-state index >= 15 is 0 Å². The van der Waals surface area contributed by atoms with Crippen LogP contribution in [0.25, 0.3) is 0 Å². The van der Waals surface area contributed by atoms with E-state index in [4.69, 9.17) is 47.0 Å². The van der Waals surface area contributed by atoms with Crippen LogP contribution in [0.1, 0.15) is 90.8 Å². The van der Waals surface area contributed by atoms with E-state index in [1.165, 1.54) is 32.9 Å².